The van der Waals surface area contributed by atoms with Crippen LogP contribution in [0.25, 0.3) is 0 Å². The van der Waals surface area contributed by atoms with Crippen molar-refractivity contribution < 1.29 is 18.0 Å². The van der Waals surface area contributed by atoms with Crippen LogP contribution in [0, 0.1) is 13.8 Å². The SMILES string of the molecule is CNC(=O)C(C)N(Cc1ccccc1Cl)C(=O)CN(c1ccc(C)c(Cl)c1)S(=O)(=O)c1ccc(C)cc1. The van der Waals surface area contributed by atoms with E-state index in [1.54, 1.807) is 62.4 Å². The summed E-state index contributed by atoms with van der Waals surface area (Å²) in [6.45, 7) is 4.69. The first-order valence-electron chi connectivity index (χ1n) is 11.6. The van der Waals surface area contributed by atoms with E-state index < -0.39 is 34.4 Å². The van der Waals surface area contributed by atoms with E-state index in [1.165, 1.54) is 30.1 Å². The summed E-state index contributed by atoms with van der Waals surface area (Å²) in [4.78, 5) is 27.6. The Labute approximate surface area is 228 Å². The number of rotatable bonds is 9. The molecule has 1 unspecified atom stereocenters. The number of halogens is 2. The molecule has 3 rings (SSSR count). The van der Waals surface area contributed by atoms with Gasteiger partial charge in [-0.2, -0.15) is 0 Å². The second kappa shape index (κ2) is 12.0. The Morgan fingerprint density at radius 2 is 1.59 bits per heavy atom. The fourth-order valence-corrected chi connectivity index (χ4v) is 5.48. The zero-order valence-corrected chi connectivity index (χ0v) is 23.4. The highest BCUT2D eigenvalue weighted by molar-refractivity contribution is 7.92. The Balaban J connectivity index is 2.07. The molecule has 0 bridgehead atoms. The van der Waals surface area contributed by atoms with Gasteiger partial charge in [0.1, 0.15) is 12.6 Å². The Hall–Kier alpha value is -3.07. The molecule has 37 heavy (non-hydrogen) atoms. The average molecular weight is 563 g/mol. The van der Waals surface area contributed by atoms with Crippen molar-refractivity contribution in [2.24, 2.45) is 0 Å². The number of hydrogen-bond donors (Lipinski definition) is 1. The van der Waals surface area contributed by atoms with Crippen LogP contribution in [-0.4, -0.2) is 44.8 Å². The smallest absolute Gasteiger partial charge is 0.264 e. The highest BCUT2D eigenvalue weighted by atomic mass is 35.5. The van der Waals surface area contributed by atoms with Gasteiger partial charge in [0.15, 0.2) is 0 Å². The first-order chi connectivity index (χ1) is 17.4. The number of nitrogens with zero attached hydrogens (tertiary/aromatic N) is 2. The van der Waals surface area contributed by atoms with E-state index in [0.29, 0.717) is 15.6 Å². The fraction of sp³-hybridized carbons (Fsp3) is 0.259. The van der Waals surface area contributed by atoms with Gasteiger partial charge < -0.3 is 10.2 Å². The van der Waals surface area contributed by atoms with Crippen molar-refractivity contribution in [1.82, 2.24) is 10.2 Å². The second-order valence-electron chi connectivity index (χ2n) is 8.66. The minimum absolute atomic E-state index is 0.0141. The maximum absolute atomic E-state index is 13.8. The number of sulfonamides is 1. The van der Waals surface area contributed by atoms with Gasteiger partial charge in [-0.15, -0.1) is 0 Å². The van der Waals surface area contributed by atoms with Crippen molar-refractivity contribution in [2.45, 2.75) is 38.3 Å². The molecule has 0 heterocycles. The minimum atomic E-state index is -4.16. The van der Waals surface area contributed by atoms with E-state index in [1.807, 2.05) is 6.92 Å². The van der Waals surface area contributed by atoms with E-state index in [9.17, 15) is 18.0 Å². The molecule has 0 fully saturated rings. The van der Waals surface area contributed by atoms with Gasteiger partial charge in [-0.05, 0) is 62.2 Å². The lowest BCUT2D eigenvalue weighted by molar-refractivity contribution is -0.139. The zero-order chi connectivity index (χ0) is 27.3. The van der Waals surface area contributed by atoms with E-state index in [-0.39, 0.29) is 17.1 Å². The van der Waals surface area contributed by atoms with Crippen LogP contribution in [0.4, 0.5) is 5.69 Å². The lowest BCUT2D eigenvalue weighted by Crippen LogP contribution is -2.50. The molecular weight excluding hydrogens is 533 g/mol. The number of aryl methyl sites for hydroxylation is 2. The predicted octanol–water partition coefficient (Wildman–Crippen LogP) is 4.97. The maximum Gasteiger partial charge on any atom is 0.264 e. The Bertz CT molecular complexity index is 1400. The molecule has 10 heteroatoms. The summed E-state index contributed by atoms with van der Waals surface area (Å²) in [5.74, 6) is -0.977. The number of anilines is 1. The first-order valence-corrected chi connectivity index (χ1v) is 13.7. The van der Waals surface area contributed by atoms with Crippen molar-refractivity contribution in [3.8, 4) is 0 Å². The highest BCUT2D eigenvalue weighted by Crippen LogP contribution is 2.29. The molecular formula is C27H29Cl2N3O4S. The molecule has 1 N–H and O–H groups in total. The summed E-state index contributed by atoms with van der Waals surface area (Å²) in [6, 6.07) is 17.2. The van der Waals surface area contributed by atoms with Gasteiger partial charge >= 0.3 is 0 Å². The van der Waals surface area contributed by atoms with Crippen LogP contribution in [0.2, 0.25) is 10.0 Å². The van der Waals surface area contributed by atoms with E-state index in [4.69, 9.17) is 23.2 Å². The van der Waals surface area contributed by atoms with Crippen molar-refractivity contribution in [3.05, 3.63) is 93.5 Å². The summed E-state index contributed by atoms with van der Waals surface area (Å²) < 4.78 is 28.6. The van der Waals surface area contributed by atoms with Gasteiger partial charge in [0.2, 0.25) is 11.8 Å². The molecule has 0 aliphatic heterocycles. The van der Waals surface area contributed by atoms with E-state index >= 15 is 0 Å². The molecule has 1 atom stereocenters. The van der Waals surface area contributed by atoms with E-state index in [2.05, 4.69) is 5.32 Å². The fourth-order valence-electron chi connectivity index (χ4n) is 3.70. The third kappa shape index (κ3) is 6.63. The molecule has 0 saturated carbocycles. The molecule has 0 aliphatic rings. The van der Waals surface area contributed by atoms with Crippen molar-refractivity contribution >= 4 is 50.7 Å². The Morgan fingerprint density at radius 1 is 0.946 bits per heavy atom. The molecule has 0 spiro atoms. The maximum atomic E-state index is 13.8. The van der Waals surface area contributed by atoms with Crippen LogP contribution in [0.1, 0.15) is 23.6 Å². The van der Waals surface area contributed by atoms with Crippen LogP contribution in [0.3, 0.4) is 0 Å². The van der Waals surface area contributed by atoms with Gasteiger partial charge in [0, 0.05) is 23.6 Å². The molecule has 0 radical (unpaired) electrons. The zero-order valence-electron chi connectivity index (χ0n) is 21.0. The summed E-state index contributed by atoms with van der Waals surface area (Å²) in [6.07, 6.45) is 0. The molecule has 7 nitrogen and oxygen atoms in total. The van der Waals surface area contributed by atoms with Gasteiger partial charge in [0.25, 0.3) is 10.0 Å². The number of benzene rings is 3. The summed E-state index contributed by atoms with van der Waals surface area (Å²) in [5.41, 5.74) is 2.51. The standard InChI is InChI=1S/C27H29Cl2N3O4S/c1-18-9-13-23(14-10-18)37(35,36)32(22-12-11-19(2)25(29)15-22)17-26(33)31(20(3)27(34)30-4)16-21-7-5-6-8-24(21)28/h5-15,20H,16-17H2,1-4H3,(H,30,34). The minimum Gasteiger partial charge on any atom is -0.357 e. The van der Waals surface area contributed by atoms with Crippen LogP contribution in [-0.2, 0) is 26.2 Å². The van der Waals surface area contributed by atoms with Gasteiger partial charge in [0.05, 0.1) is 10.6 Å². The molecule has 2 amide bonds. The van der Waals surface area contributed by atoms with Gasteiger partial charge in [-0.3, -0.25) is 13.9 Å². The topological polar surface area (TPSA) is 86.8 Å². The molecule has 196 valence electrons. The molecule has 0 saturated heterocycles. The largest absolute Gasteiger partial charge is 0.357 e. The number of amides is 2. The first kappa shape index (κ1) is 28.5. The van der Waals surface area contributed by atoms with Gasteiger partial charge in [-0.25, -0.2) is 8.42 Å². The van der Waals surface area contributed by atoms with Crippen molar-refractivity contribution in [2.75, 3.05) is 17.9 Å². The molecule has 0 aliphatic carbocycles. The number of likely N-dealkylation sites (N-methyl/N-ethyl adjacent to an activating group) is 1. The van der Waals surface area contributed by atoms with Crippen LogP contribution >= 0.6 is 23.2 Å². The molecule has 0 aromatic heterocycles. The van der Waals surface area contributed by atoms with E-state index in [0.717, 1.165) is 15.4 Å². The van der Waals surface area contributed by atoms with Gasteiger partial charge in [-0.1, -0.05) is 65.2 Å². The highest BCUT2D eigenvalue weighted by Gasteiger charge is 2.32. The number of carbonyl (C=O) groups is 2. The summed E-state index contributed by atoms with van der Waals surface area (Å²) in [5, 5.41) is 3.34. The molecule has 3 aromatic rings. The normalized spacial score (nSPS) is 12.1. The summed E-state index contributed by atoms with van der Waals surface area (Å²) in [7, 11) is -2.69. The quantitative estimate of drug-likeness (QED) is 0.399. The van der Waals surface area contributed by atoms with Crippen LogP contribution in [0.15, 0.2) is 71.6 Å². The number of carbonyl (C=O) groups excluding carboxylic acids is 2. The Kier molecular flexibility index (Phi) is 9.23. The van der Waals surface area contributed by atoms with Crippen molar-refractivity contribution in [3.63, 3.8) is 0 Å². The predicted molar refractivity (Wildman–Crippen MR) is 147 cm³/mol. The van der Waals surface area contributed by atoms with Crippen LogP contribution < -0.4 is 9.62 Å². The molecule has 3 aromatic carbocycles. The Morgan fingerprint density at radius 3 is 2.19 bits per heavy atom. The summed E-state index contributed by atoms with van der Waals surface area (Å²) >= 11 is 12.7. The number of nitrogens with one attached hydrogen (secondary N) is 1. The lowest BCUT2D eigenvalue weighted by Gasteiger charge is -2.32. The average Bonchev–Trinajstić information content (AvgIpc) is 2.87. The lowest BCUT2D eigenvalue weighted by atomic mass is 10.1. The number of hydrogen-bond acceptors (Lipinski definition) is 4. The monoisotopic (exact) mass is 561 g/mol. The third-order valence-electron chi connectivity index (χ3n) is 6.04. The second-order valence-corrected chi connectivity index (χ2v) is 11.3. The van der Waals surface area contributed by atoms with Crippen LogP contribution in [0.5, 0.6) is 0 Å². The third-order valence-corrected chi connectivity index (χ3v) is 8.61. The van der Waals surface area contributed by atoms with Crippen molar-refractivity contribution in [1.29, 1.82) is 0 Å².